The Kier molecular flexibility index (Phi) is 6.89. The number of carbonyl (C=O) groups is 1. The summed E-state index contributed by atoms with van der Waals surface area (Å²) in [6, 6.07) is 13.5. The average Bonchev–Trinajstić information content (AvgIpc) is 3.26. The second-order valence-electron chi connectivity index (χ2n) is 6.85. The van der Waals surface area contributed by atoms with Gasteiger partial charge in [0.25, 0.3) is 0 Å². The second kappa shape index (κ2) is 9.39. The molecule has 1 fully saturated rings. The van der Waals surface area contributed by atoms with Crippen LogP contribution >= 0.6 is 0 Å². The molecule has 0 N–H and O–H groups in total. The van der Waals surface area contributed by atoms with E-state index < -0.39 is 16.0 Å². The highest BCUT2D eigenvalue weighted by molar-refractivity contribution is 7.89. The van der Waals surface area contributed by atoms with E-state index in [4.69, 9.17) is 14.2 Å². The summed E-state index contributed by atoms with van der Waals surface area (Å²) in [5.41, 5.74) is 1.00. The summed E-state index contributed by atoms with van der Waals surface area (Å²) in [6.45, 7) is 1.02. The number of esters is 1. The van der Waals surface area contributed by atoms with Crippen molar-refractivity contribution in [3.8, 4) is 5.75 Å². The molecule has 0 bridgehead atoms. The van der Waals surface area contributed by atoms with E-state index in [0.717, 1.165) is 18.4 Å². The SMILES string of the molecule is COc1ccc(C(=O)OC[C@H]2CCCO2)cc1S(=O)(=O)N(C)Cc1ccccc1. The number of ether oxygens (including phenoxy) is 3. The molecule has 0 spiro atoms. The van der Waals surface area contributed by atoms with Gasteiger partial charge in [0.05, 0.1) is 18.8 Å². The van der Waals surface area contributed by atoms with Gasteiger partial charge in [0, 0.05) is 20.2 Å². The highest BCUT2D eigenvalue weighted by atomic mass is 32.2. The quantitative estimate of drug-likeness (QED) is 0.612. The van der Waals surface area contributed by atoms with Crippen LogP contribution in [-0.4, -0.2) is 52.2 Å². The lowest BCUT2D eigenvalue weighted by Crippen LogP contribution is -2.27. The van der Waals surface area contributed by atoms with Gasteiger partial charge in [0.2, 0.25) is 10.0 Å². The van der Waals surface area contributed by atoms with Crippen molar-refractivity contribution >= 4 is 16.0 Å². The Morgan fingerprint density at radius 2 is 1.97 bits per heavy atom. The minimum absolute atomic E-state index is 0.0787. The molecule has 0 saturated carbocycles. The van der Waals surface area contributed by atoms with Crippen molar-refractivity contribution in [2.24, 2.45) is 0 Å². The number of benzene rings is 2. The lowest BCUT2D eigenvalue weighted by Gasteiger charge is -2.19. The maximum absolute atomic E-state index is 13.1. The Morgan fingerprint density at radius 1 is 1.21 bits per heavy atom. The van der Waals surface area contributed by atoms with E-state index in [-0.39, 0.29) is 35.5 Å². The molecule has 1 aliphatic rings. The maximum Gasteiger partial charge on any atom is 0.338 e. The van der Waals surface area contributed by atoms with Crippen molar-refractivity contribution in [3.63, 3.8) is 0 Å². The predicted molar refractivity (Wildman–Crippen MR) is 107 cm³/mol. The normalized spacial score (nSPS) is 16.7. The number of hydrogen-bond donors (Lipinski definition) is 0. The van der Waals surface area contributed by atoms with E-state index in [1.165, 1.54) is 36.7 Å². The van der Waals surface area contributed by atoms with Crippen LogP contribution in [0.4, 0.5) is 0 Å². The van der Waals surface area contributed by atoms with Gasteiger partial charge in [0.1, 0.15) is 17.3 Å². The molecule has 7 nitrogen and oxygen atoms in total. The third-order valence-electron chi connectivity index (χ3n) is 4.76. The van der Waals surface area contributed by atoms with E-state index in [1.807, 2.05) is 30.3 Å². The summed E-state index contributed by atoms with van der Waals surface area (Å²) in [6.07, 6.45) is 1.69. The fourth-order valence-corrected chi connectivity index (χ4v) is 4.46. The molecule has 1 aliphatic heterocycles. The topological polar surface area (TPSA) is 82.1 Å². The lowest BCUT2D eigenvalue weighted by atomic mass is 10.2. The van der Waals surface area contributed by atoms with Crippen LogP contribution in [0, 0.1) is 0 Å². The van der Waals surface area contributed by atoms with Crippen LogP contribution < -0.4 is 4.74 Å². The van der Waals surface area contributed by atoms with Crippen LogP contribution in [-0.2, 0) is 26.0 Å². The summed E-state index contributed by atoms with van der Waals surface area (Å²) in [4.78, 5) is 12.3. The fraction of sp³-hybridized carbons (Fsp3) is 0.381. The van der Waals surface area contributed by atoms with Gasteiger partial charge in [-0.25, -0.2) is 13.2 Å². The van der Waals surface area contributed by atoms with Crippen LogP contribution in [0.25, 0.3) is 0 Å². The molecule has 3 rings (SSSR count). The lowest BCUT2D eigenvalue weighted by molar-refractivity contribution is 0.0161. The molecular formula is C21H25NO6S. The third-order valence-corrected chi connectivity index (χ3v) is 6.58. The van der Waals surface area contributed by atoms with Crippen LogP contribution in [0.1, 0.15) is 28.8 Å². The molecule has 0 aliphatic carbocycles. The molecular weight excluding hydrogens is 394 g/mol. The molecule has 29 heavy (non-hydrogen) atoms. The molecule has 0 radical (unpaired) electrons. The van der Waals surface area contributed by atoms with Crippen molar-refractivity contribution < 1.29 is 27.4 Å². The monoisotopic (exact) mass is 419 g/mol. The minimum Gasteiger partial charge on any atom is -0.495 e. The highest BCUT2D eigenvalue weighted by Gasteiger charge is 2.27. The fourth-order valence-electron chi connectivity index (χ4n) is 3.13. The van der Waals surface area contributed by atoms with Crippen LogP contribution in [0.2, 0.25) is 0 Å². The zero-order valence-electron chi connectivity index (χ0n) is 16.5. The van der Waals surface area contributed by atoms with Crippen LogP contribution in [0.5, 0.6) is 5.75 Å². The Hall–Kier alpha value is -2.42. The van der Waals surface area contributed by atoms with Gasteiger partial charge in [-0.2, -0.15) is 4.31 Å². The first-order valence-electron chi connectivity index (χ1n) is 9.39. The summed E-state index contributed by atoms with van der Waals surface area (Å²) >= 11 is 0. The van der Waals surface area contributed by atoms with Crippen molar-refractivity contribution in [1.29, 1.82) is 0 Å². The third kappa shape index (κ3) is 5.14. The Morgan fingerprint density at radius 3 is 2.62 bits per heavy atom. The molecule has 156 valence electrons. The molecule has 8 heteroatoms. The van der Waals surface area contributed by atoms with Gasteiger partial charge in [0.15, 0.2) is 0 Å². The van der Waals surface area contributed by atoms with Gasteiger partial charge in [-0.1, -0.05) is 30.3 Å². The van der Waals surface area contributed by atoms with Crippen LogP contribution in [0.15, 0.2) is 53.4 Å². The number of nitrogens with zero attached hydrogens (tertiary/aromatic N) is 1. The van der Waals surface area contributed by atoms with E-state index in [1.54, 1.807) is 0 Å². The first-order chi connectivity index (χ1) is 13.9. The van der Waals surface area contributed by atoms with Gasteiger partial charge in [-0.05, 0) is 36.6 Å². The smallest absolute Gasteiger partial charge is 0.338 e. The second-order valence-corrected chi connectivity index (χ2v) is 8.86. The van der Waals surface area contributed by atoms with E-state index in [0.29, 0.717) is 6.61 Å². The van der Waals surface area contributed by atoms with E-state index in [9.17, 15) is 13.2 Å². The number of sulfonamides is 1. The van der Waals surface area contributed by atoms with Crippen molar-refractivity contribution in [1.82, 2.24) is 4.31 Å². The van der Waals surface area contributed by atoms with Gasteiger partial charge in [-0.3, -0.25) is 0 Å². The van der Waals surface area contributed by atoms with Crippen molar-refractivity contribution in [2.45, 2.75) is 30.4 Å². The van der Waals surface area contributed by atoms with E-state index >= 15 is 0 Å². The summed E-state index contributed by atoms with van der Waals surface area (Å²) in [7, 11) is -1.01. The maximum atomic E-state index is 13.1. The average molecular weight is 419 g/mol. The summed E-state index contributed by atoms with van der Waals surface area (Å²) in [5.74, 6) is -0.425. The number of rotatable bonds is 8. The molecule has 1 saturated heterocycles. The first kappa shape index (κ1) is 21.3. The largest absolute Gasteiger partial charge is 0.495 e. The van der Waals surface area contributed by atoms with Crippen molar-refractivity contribution in [2.75, 3.05) is 27.4 Å². The van der Waals surface area contributed by atoms with Gasteiger partial charge in [-0.15, -0.1) is 0 Å². The Bertz CT molecular complexity index is 939. The molecule has 1 heterocycles. The predicted octanol–water partition coefficient (Wildman–Crippen LogP) is 2.85. The number of methoxy groups -OCH3 is 1. The van der Waals surface area contributed by atoms with Crippen molar-refractivity contribution in [3.05, 3.63) is 59.7 Å². The number of carbonyl (C=O) groups excluding carboxylic acids is 1. The summed E-state index contributed by atoms with van der Waals surface area (Å²) < 4.78 is 43.5. The van der Waals surface area contributed by atoms with Crippen LogP contribution in [0.3, 0.4) is 0 Å². The van der Waals surface area contributed by atoms with E-state index in [2.05, 4.69) is 0 Å². The highest BCUT2D eigenvalue weighted by Crippen LogP contribution is 2.28. The zero-order chi connectivity index (χ0) is 20.9. The Labute approximate surface area is 171 Å². The molecule has 0 amide bonds. The minimum atomic E-state index is -3.89. The zero-order valence-corrected chi connectivity index (χ0v) is 17.4. The standard InChI is InChI=1S/C21H25NO6S/c1-22(14-16-7-4-3-5-8-16)29(24,25)20-13-17(10-11-19(20)26-2)21(23)28-15-18-9-6-12-27-18/h3-5,7-8,10-11,13,18H,6,9,12,14-15H2,1-2H3/t18-/m1/s1. The van der Waals surface area contributed by atoms with Gasteiger partial charge >= 0.3 is 5.97 Å². The Balaban J connectivity index is 1.80. The number of hydrogen-bond acceptors (Lipinski definition) is 6. The molecule has 0 unspecified atom stereocenters. The first-order valence-corrected chi connectivity index (χ1v) is 10.8. The molecule has 1 atom stereocenters. The van der Waals surface area contributed by atoms with Gasteiger partial charge < -0.3 is 14.2 Å². The summed E-state index contributed by atoms with van der Waals surface area (Å²) in [5, 5.41) is 0. The molecule has 2 aromatic rings. The molecule has 0 aromatic heterocycles. The molecule has 2 aromatic carbocycles.